The van der Waals surface area contributed by atoms with Crippen molar-refractivity contribution in [3.63, 3.8) is 0 Å². The van der Waals surface area contributed by atoms with Gasteiger partial charge in [0.2, 0.25) is 0 Å². The number of nitrogens with one attached hydrogen (secondary N) is 1. The Bertz CT molecular complexity index is 314. The van der Waals surface area contributed by atoms with Crippen LogP contribution in [-0.2, 0) is 9.53 Å². The van der Waals surface area contributed by atoms with Crippen molar-refractivity contribution in [2.75, 3.05) is 7.11 Å². The van der Waals surface area contributed by atoms with Gasteiger partial charge in [-0.15, -0.1) is 0 Å². The number of carboxylic acid groups (broad SMARTS) is 1. The van der Waals surface area contributed by atoms with Gasteiger partial charge in [0.05, 0.1) is 13.0 Å². The Balaban J connectivity index is 2.78. The molecule has 0 radical (unpaired) electrons. The summed E-state index contributed by atoms with van der Waals surface area (Å²) < 4.78 is 4.58. The summed E-state index contributed by atoms with van der Waals surface area (Å²) in [6.45, 7) is 5.87. The molecule has 0 aromatic heterocycles. The lowest BCUT2D eigenvalue weighted by atomic mass is 9.61. The Morgan fingerprint density at radius 3 is 2.41 bits per heavy atom. The second-order valence-corrected chi connectivity index (χ2v) is 5.32. The van der Waals surface area contributed by atoms with Crippen molar-refractivity contribution in [1.82, 2.24) is 5.32 Å². The fourth-order valence-corrected chi connectivity index (χ4v) is 2.65. The summed E-state index contributed by atoms with van der Waals surface area (Å²) in [6, 6.07) is -0.0203. The first-order chi connectivity index (χ1) is 7.80. The number of hydrogen-bond donors (Lipinski definition) is 2. The lowest BCUT2D eigenvalue weighted by Gasteiger charge is -2.46. The highest BCUT2D eigenvalue weighted by Crippen LogP contribution is 2.45. The van der Waals surface area contributed by atoms with Gasteiger partial charge in [-0.3, -0.25) is 4.79 Å². The molecule has 3 atom stereocenters. The lowest BCUT2D eigenvalue weighted by molar-refractivity contribution is -0.150. The molecule has 1 amide bonds. The minimum Gasteiger partial charge on any atom is -0.481 e. The minimum atomic E-state index is -0.752. The maximum absolute atomic E-state index is 11.2. The van der Waals surface area contributed by atoms with Gasteiger partial charge in [0.25, 0.3) is 0 Å². The maximum Gasteiger partial charge on any atom is 0.407 e. The third kappa shape index (κ3) is 2.70. The molecular formula is C12H21NO4. The van der Waals surface area contributed by atoms with Gasteiger partial charge in [0, 0.05) is 6.04 Å². The molecule has 1 aliphatic carbocycles. The van der Waals surface area contributed by atoms with E-state index in [0.29, 0.717) is 12.8 Å². The molecule has 0 aromatic carbocycles. The van der Waals surface area contributed by atoms with E-state index in [1.807, 2.05) is 20.8 Å². The van der Waals surface area contributed by atoms with Crippen LogP contribution in [0, 0.1) is 17.3 Å². The van der Waals surface area contributed by atoms with Crippen LogP contribution >= 0.6 is 0 Å². The maximum atomic E-state index is 11.2. The summed E-state index contributed by atoms with van der Waals surface area (Å²) in [5, 5.41) is 12.0. The molecule has 0 aromatic rings. The van der Waals surface area contributed by atoms with E-state index in [4.69, 9.17) is 0 Å². The Hall–Kier alpha value is -1.26. The van der Waals surface area contributed by atoms with E-state index in [0.717, 1.165) is 0 Å². The number of carboxylic acids is 1. The van der Waals surface area contributed by atoms with Gasteiger partial charge in [-0.1, -0.05) is 20.8 Å². The minimum absolute atomic E-state index is 0.0203. The van der Waals surface area contributed by atoms with E-state index in [2.05, 4.69) is 10.1 Å². The van der Waals surface area contributed by atoms with Crippen LogP contribution in [0.15, 0.2) is 0 Å². The van der Waals surface area contributed by atoms with Crippen LogP contribution in [-0.4, -0.2) is 30.3 Å². The molecule has 0 spiro atoms. The van der Waals surface area contributed by atoms with Crippen LogP contribution in [0.3, 0.4) is 0 Å². The van der Waals surface area contributed by atoms with E-state index < -0.39 is 12.1 Å². The molecule has 1 aliphatic rings. The Morgan fingerprint density at radius 2 is 1.94 bits per heavy atom. The molecule has 1 saturated carbocycles. The smallest absolute Gasteiger partial charge is 0.407 e. The molecule has 98 valence electrons. The van der Waals surface area contributed by atoms with Gasteiger partial charge in [0.1, 0.15) is 0 Å². The zero-order valence-corrected chi connectivity index (χ0v) is 10.8. The van der Waals surface area contributed by atoms with Crippen LogP contribution in [0.5, 0.6) is 0 Å². The Kier molecular flexibility index (Phi) is 4.01. The monoisotopic (exact) mass is 243 g/mol. The van der Waals surface area contributed by atoms with Crippen LogP contribution in [0.2, 0.25) is 0 Å². The van der Waals surface area contributed by atoms with Crippen molar-refractivity contribution in [2.45, 2.75) is 39.7 Å². The van der Waals surface area contributed by atoms with Gasteiger partial charge >= 0.3 is 12.1 Å². The Morgan fingerprint density at radius 1 is 1.35 bits per heavy atom. The summed E-state index contributed by atoms with van der Waals surface area (Å²) in [6.07, 6.45) is 0.810. The molecule has 3 unspecified atom stereocenters. The number of alkyl carbamates (subject to hydrolysis) is 1. The zero-order chi connectivity index (χ0) is 13.2. The average molecular weight is 243 g/mol. The number of methoxy groups -OCH3 is 1. The summed E-state index contributed by atoms with van der Waals surface area (Å²) in [5.41, 5.74) is -0.338. The van der Waals surface area contributed by atoms with Crippen molar-refractivity contribution in [3.8, 4) is 0 Å². The first-order valence-corrected chi connectivity index (χ1v) is 5.88. The van der Waals surface area contributed by atoms with Gasteiger partial charge in [-0.2, -0.15) is 0 Å². The normalized spacial score (nSPS) is 31.6. The van der Waals surface area contributed by atoms with Crippen LogP contribution in [0.25, 0.3) is 0 Å². The molecular weight excluding hydrogens is 222 g/mol. The number of rotatable bonds is 2. The molecule has 0 heterocycles. The summed E-state index contributed by atoms with van der Waals surface area (Å²) >= 11 is 0. The number of amides is 1. The molecule has 1 fully saturated rings. The van der Waals surface area contributed by atoms with Crippen LogP contribution in [0.1, 0.15) is 33.6 Å². The fourth-order valence-electron chi connectivity index (χ4n) is 2.65. The highest BCUT2D eigenvalue weighted by molar-refractivity contribution is 5.71. The first-order valence-electron chi connectivity index (χ1n) is 5.88. The van der Waals surface area contributed by atoms with Gasteiger partial charge in [-0.25, -0.2) is 4.79 Å². The molecule has 17 heavy (non-hydrogen) atoms. The largest absolute Gasteiger partial charge is 0.481 e. The second-order valence-electron chi connectivity index (χ2n) is 5.32. The van der Waals surface area contributed by atoms with Crippen LogP contribution in [0.4, 0.5) is 4.79 Å². The topological polar surface area (TPSA) is 75.6 Å². The lowest BCUT2D eigenvalue weighted by Crippen LogP contribution is -2.52. The number of hydrogen-bond acceptors (Lipinski definition) is 3. The van der Waals surface area contributed by atoms with Crippen molar-refractivity contribution in [3.05, 3.63) is 0 Å². The van der Waals surface area contributed by atoms with Crippen molar-refractivity contribution in [2.24, 2.45) is 17.3 Å². The SMILES string of the molecule is COC(=O)NC1CCC(C(=O)O)C(C)(C)C1C. The Labute approximate surface area is 102 Å². The van der Waals surface area contributed by atoms with Gasteiger partial charge in [0.15, 0.2) is 0 Å². The highest BCUT2D eigenvalue weighted by Gasteiger charge is 2.46. The third-order valence-corrected chi connectivity index (χ3v) is 4.23. The predicted molar refractivity (Wildman–Crippen MR) is 62.6 cm³/mol. The zero-order valence-electron chi connectivity index (χ0n) is 10.8. The molecule has 5 heteroatoms. The third-order valence-electron chi connectivity index (χ3n) is 4.23. The molecule has 5 nitrogen and oxygen atoms in total. The summed E-state index contributed by atoms with van der Waals surface area (Å²) in [5.74, 6) is -1.01. The van der Waals surface area contributed by atoms with Crippen molar-refractivity contribution in [1.29, 1.82) is 0 Å². The second kappa shape index (κ2) is 4.94. The van der Waals surface area contributed by atoms with Gasteiger partial charge < -0.3 is 15.2 Å². The predicted octanol–water partition coefficient (Wildman–Crippen LogP) is 1.87. The number of carbonyl (C=O) groups excluding carboxylic acids is 1. The molecule has 1 rings (SSSR count). The van der Waals surface area contributed by atoms with Crippen molar-refractivity contribution >= 4 is 12.1 Å². The fraction of sp³-hybridized carbons (Fsp3) is 0.833. The van der Waals surface area contributed by atoms with E-state index in [1.165, 1.54) is 7.11 Å². The van der Waals surface area contributed by atoms with E-state index >= 15 is 0 Å². The summed E-state index contributed by atoms with van der Waals surface area (Å²) in [7, 11) is 1.33. The van der Waals surface area contributed by atoms with E-state index in [-0.39, 0.29) is 23.3 Å². The van der Waals surface area contributed by atoms with Crippen LogP contribution < -0.4 is 5.32 Å². The number of aliphatic carboxylic acids is 1. The quantitative estimate of drug-likeness (QED) is 0.776. The molecule has 2 N–H and O–H groups in total. The molecule has 0 aliphatic heterocycles. The van der Waals surface area contributed by atoms with E-state index in [9.17, 15) is 14.7 Å². The van der Waals surface area contributed by atoms with E-state index in [1.54, 1.807) is 0 Å². The standard InChI is InChI=1S/C12H21NO4/c1-7-9(13-11(16)17-4)6-5-8(10(14)15)12(7,2)3/h7-9H,5-6H2,1-4H3,(H,13,16)(H,14,15). The summed E-state index contributed by atoms with van der Waals surface area (Å²) in [4.78, 5) is 22.4. The van der Waals surface area contributed by atoms with Crippen molar-refractivity contribution < 1.29 is 19.4 Å². The first kappa shape index (κ1) is 13.8. The molecule has 0 saturated heterocycles. The number of ether oxygens (including phenoxy) is 1. The van der Waals surface area contributed by atoms with Gasteiger partial charge in [-0.05, 0) is 24.2 Å². The highest BCUT2D eigenvalue weighted by atomic mass is 16.5. The average Bonchev–Trinajstić information content (AvgIpc) is 2.24. The number of carbonyl (C=O) groups is 2. The molecule has 0 bridgehead atoms.